The summed E-state index contributed by atoms with van der Waals surface area (Å²) in [4.78, 5) is 33.8. The fourth-order valence-electron chi connectivity index (χ4n) is 2.88. The average molecular weight is 392 g/mol. The van der Waals surface area contributed by atoms with E-state index in [1.807, 2.05) is 0 Å². The number of carbonyl (C=O) groups is 2. The lowest BCUT2D eigenvalue weighted by Crippen LogP contribution is -2.27. The minimum Gasteiger partial charge on any atom is -0.291 e. The minimum absolute atomic E-state index is 0.0246. The number of alkyl halides is 3. The van der Waals surface area contributed by atoms with Crippen LogP contribution in [0.3, 0.4) is 0 Å². The SMILES string of the molecule is CN1C(=O)C(=Cn2cnc(-c3cc(C4CC4)nc(C(F)(F)F)c3)n2)N(C)C1=O. The Balaban J connectivity index is 1.70. The molecule has 0 radical (unpaired) electrons. The summed E-state index contributed by atoms with van der Waals surface area (Å²) in [6, 6.07) is 1.97. The van der Waals surface area contributed by atoms with Gasteiger partial charge < -0.3 is 0 Å². The predicted molar refractivity (Wildman–Crippen MR) is 90.4 cm³/mol. The number of amides is 3. The van der Waals surface area contributed by atoms with Crippen molar-refractivity contribution in [3.05, 3.63) is 35.5 Å². The van der Waals surface area contributed by atoms with Crippen LogP contribution in [0.4, 0.5) is 18.0 Å². The van der Waals surface area contributed by atoms with Crippen LogP contribution in [0, 0.1) is 0 Å². The van der Waals surface area contributed by atoms with E-state index in [0.29, 0.717) is 5.69 Å². The molecule has 1 aliphatic heterocycles. The maximum absolute atomic E-state index is 13.2. The van der Waals surface area contributed by atoms with Crippen molar-refractivity contribution in [2.45, 2.75) is 24.9 Å². The Bertz CT molecular complexity index is 1010. The molecule has 0 unspecified atom stereocenters. The van der Waals surface area contributed by atoms with Gasteiger partial charge in [-0.3, -0.25) is 14.6 Å². The summed E-state index contributed by atoms with van der Waals surface area (Å²) in [5, 5.41) is 4.13. The highest BCUT2D eigenvalue weighted by atomic mass is 19.4. The zero-order valence-corrected chi connectivity index (χ0v) is 14.9. The Labute approximate surface area is 157 Å². The normalized spacial score (nSPS) is 19.2. The van der Waals surface area contributed by atoms with Crippen LogP contribution in [-0.2, 0) is 11.0 Å². The summed E-state index contributed by atoms with van der Waals surface area (Å²) in [5.41, 5.74) is -0.342. The summed E-state index contributed by atoms with van der Waals surface area (Å²) >= 11 is 0. The van der Waals surface area contributed by atoms with Crippen LogP contribution in [0.2, 0.25) is 0 Å². The van der Waals surface area contributed by atoms with Crippen LogP contribution in [0.25, 0.3) is 17.6 Å². The van der Waals surface area contributed by atoms with Crippen LogP contribution in [0.5, 0.6) is 0 Å². The molecular formula is C17H15F3N6O2. The minimum atomic E-state index is -4.58. The molecule has 11 heteroatoms. The van der Waals surface area contributed by atoms with Gasteiger partial charge >= 0.3 is 12.2 Å². The zero-order chi connectivity index (χ0) is 20.2. The van der Waals surface area contributed by atoms with Gasteiger partial charge in [0.1, 0.15) is 17.7 Å². The van der Waals surface area contributed by atoms with E-state index in [9.17, 15) is 22.8 Å². The maximum atomic E-state index is 13.2. The Morgan fingerprint density at radius 2 is 1.86 bits per heavy atom. The van der Waals surface area contributed by atoms with E-state index in [0.717, 1.165) is 28.7 Å². The third kappa shape index (κ3) is 3.12. The molecule has 3 amide bonds. The maximum Gasteiger partial charge on any atom is 0.433 e. The molecular weight excluding hydrogens is 377 g/mol. The number of nitrogens with zero attached hydrogens (tertiary/aromatic N) is 6. The second-order valence-electron chi connectivity index (χ2n) is 6.71. The molecule has 2 aromatic heterocycles. The molecule has 0 atom stereocenters. The first-order valence-corrected chi connectivity index (χ1v) is 8.43. The lowest BCUT2D eigenvalue weighted by Gasteiger charge is -2.09. The molecule has 2 aliphatic rings. The largest absolute Gasteiger partial charge is 0.433 e. The summed E-state index contributed by atoms with van der Waals surface area (Å²) in [6.07, 6.45) is -0.409. The van der Waals surface area contributed by atoms with E-state index in [-0.39, 0.29) is 23.0 Å². The number of rotatable bonds is 3. The van der Waals surface area contributed by atoms with Crippen molar-refractivity contribution in [2.24, 2.45) is 0 Å². The second kappa shape index (κ2) is 6.14. The summed E-state index contributed by atoms with van der Waals surface area (Å²) in [6.45, 7) is 0. The highest BCUT2D eigenvalue weighted by Gasteiger charge is 2.37. The average Bonchev–Trinajstić information content (AvgIpc) is 3.37. The van der Waals surface area contributed by atoms with Crippen LogP contribution >= 0.6 is 0 Å². The van der Waals surface area contributed by atoms with Crippen molar-refractivity contribution < 1.29 is 22.8 Å². The van der Waals surface area contributed by atoms with Gasteiger partial charge in [-0.2, -0.15) is 13.2 Å². The molecule has 1 saturated carbocycles. The summed E-state index contributed by atoms with van der Waals surface area (Å²) < 4.78 is 40.7. The molecule has 1 saturated heterocycles. The first kappa shape index (κ1) is 18.1. The lowest BCUT2D eigenvalue weighted by atomic mass is 10.1. The first-order valence-electron chi connectivity index (χ1n) is 8.43. The standard InChI is InChI=1S/C17H15F3N6O2/c1-24-12(15(27)25(2)16(24)28)7-26-8-21-14(23-26)10-5-11(9-3-4-9)22-13(6-10)17(18,19)20/h5-9H,3-4H2,1-2H3. The highest BCUT2D eigenvalue weighted by molar-refractivity contribution is 6.12. The smallest absolute Gasteiger partial charge is 0.291 e. The van der Waals surface area contributed by atoms with Crippen molar-refractivity contribution in [3.63, 3.8) is 0 Å². The molecule has 4 rings (SSSR count). The molecule has 146 valence electrons. The number of hydrogen-bond acceptors (Lipinski definition) is 5. The van der Waals surface area contributed by atoms with Crippen molar-refractivity contribution in [3.8, 4) is 11.4 Å². The molecule has 1 aliphatic carbocycles. The monoisotopic (exact) mass is 392 g/mol. The lowest BCUT2D eigenvalue weighted by molar-refractivity contribution is -0.141. The highest BCUT2D eigenvalue weighted by Crippen LogP contribution is 2.41. The number of aromatic nitrogens is 4. The van der Waals surface area contributed by atoms with Crippen molar-refractivity contribution in [2.75, 3.05) is 14.1 Å². The van der Waals surface area contributed by atoms with Gasteiger partial charge in [0, 0.05) is 31.3 Å². The molecule has 0 spiro atoms. The molecule has 28 heavy (non-hydrogen) atoms. The molecule has 2 fully saturated rings. The van der Waals surface area contributed by atoms with Crippen molar-refractivity contribution in [1.29, 1.82) is 0 Å². The molecule has 3 heterocycles. The number of halogens is 3. The van der Waals surface area contributed by atoms with E-state index >= 15 is 0 Å². The Kier molecular flexibility index (Phi) is 3.98. The quantitative estimate of drug-likeness (QED) is 0.592. The van der Waals surface area contributed by atoms with E-state index in [4.69, 9.17) is 0 Å². The first-order chi connectivity index (χ1) is 13.1. The molecule has 8 nitrogen and oxygen atoms in total. The number of hydrogen-bond donors (Lipinski definition) is 0. The van der Waals surface area contributed by atoms with Gasteiger partial charge in [0.25, 0.3) is 5.91 Å². The van der Waals surface area contributed by atoms with Crippen LogP contribution in [-0.4, -0.2) is 55.6 Å². The van der Waals surface area contributed by atoms with E-state index in [1.54, 1.807) is 6.07 Å². The van der Waals surface area contributed by atoms with Gasteiger partial charge in [0.15, 0.2) is 5.82 Å². The topological polar surface area (TPSA) is 84.2 Å². The summed E-state index contributed by atoms with van der Waals surface area (Å²) in [7, 11) is 2.79. The van der Waals surface area contributed by atoms with Gasteiger partial charge in [0.05, 0.1) is 6.20 Å². The predicted octanol–water partition coefficient (Wildman–Crippen LogP) is 2.56. The molecule has 0 aromatic carbocycles. The van der Waals surface area contributed by atoms with E-state index < -0.39 is 23.8 Å². The second-order valence-corrected chi connectivity index (χ2v) is 6.71. The Morgan fingerprint density at radius 3 is 2.43 bits per heavy atom. The van der Waals surface area contributed by atoms with Gasteiger partial charge in [0.2, 0.25) is 0 Å². The van der Waals surface area contributed by atoms with E-state index in [2.05, 4.69) is 15.1 Å². The van der Waals surface area contributed by atoms with Crippen molar-refractivity contribution >= 4 is 18.1 Å². The zero-order valence-electron chi connectivity index (χ0n) is 14.9. The Hall–Kier alpha value is -3.24. The van der Waals surface area contributed by atoms with Gasteiger partial charge in [-0.05, 0) is 25.0 Å². The number of likely N-dealkylation sites (N-methyl/N-ethyl adjacent to an activating group) is 2. The third-order valence-corrected chi connectivity index (χ3v) is 4.61. The summed E-state index contributed by atoms with van der Waals surface area (Å²) in [5.74, 6) is -0.417. The van der Waals surface area contributed by atoms with Crippen LogP contribution < -0.4 is 0 Å². The fraction of sp³-hybridized carbons (Fsp3) is 0.353. The number of pyridine rings is 1. The van der Waals surface area contributed by atoms with Crippen molar-refractivity contribution in [1.82, 2.24) is 29.5 Å². The third-order valence-electron chi connectivity index (χ3n) is 4.61. The fourth-order valence-corrected chi connectivity index (χ4v) is 2.88. The Morgan fingerprint density at radius 1 is 1.14 bits per heavy atom. The van der Waals surface area contributed by atoms with E-state index in [1.165, 1.54) is 31.3 Å². The van der Waals surface area contributed by atoms with Crippen LogP contribution in [0.1, 0.15) is 30.1 Å². The molecule has 0 bridgehead atoms. The molecule has 0 N–H and O–H groups in total. The number of carbonyl (C=O) groups excluding carboxylic acids is 2. The number of urea groups is 1. The molecule has 2 aromatic rings. The van der Waals surface area contributed by atoms with Crippen LogP contribution in [0.15, 0.2) is 24.2 Å². The number of imide groups is 1. The van der Waals surface area contributed by atoms with Gasteiger partial charge in [-0.1, -0.05) is 0 Å². The van der Waals surface area contributed by atoms with Gasteiger partial charge in [-0.25, -0.2) is 19.4 Å². The van der Waals surface area contributed by atoms with Gasteiger partial charge in [-0.15, -0.1) is 5.10 Å².